The smallest absolute Gasteiger partial charge is 0.410 e. The maximum Gasteiger partial charge on any atom is 0.414 e. The van der Waals surface area contributed by atoms with E-state index in [2.05, 4.69) is 25.8 Å². The quantitative estimate of drug-likeness (QED) is 0.765. The van der Waals surface area contributed by atoms with Gasteiger partial charge < -0.3 is 14.5 Å². The molecule has 0 unspecified atom stereocenters. The predicted molar refractivity (Wildman–Crippen MR) is 72.4 cm³/mol. The number of rotatable bonds is 1. The van der Waals surface area contributed by atoms with Gasteiger partial charge in [0.15, 0.2) is 0 Å². The lowest BCUT2D eigenvalue weighted by atomic mass is 9.87. The largest absolute Gasteiger partial charge is 0.414 e. The van der Waals surface area contributed by atoms with Crippen LogP contribution in [-0.2, 0) is 5.41 Å². The molecule has 2 rings (SSSR count). The monoisotopic (exact) mass is 248 g/mol. The zero-order valence-corrected chi connectivity index (χ0v) is 11.7. The third kappa shape index (κ3) is 2.15. The van der Waals surface area contributed by atoms with Crippen LogP contribution < -0.4 is 9.64 Å². The molecule has 1 amide bonds. The lowest BCUT2D eigenvalue weighted by molar-refractivity contribution is 0.172. The lowest BCUT2D eigenvalue weighted by Crippen LogP contribution is -2.25. The van der Waals surface area contributed by atoms with Gasteiger partial charge in [-0.05, 0) is 23.8 Å². The fourth-order valence-corrected chi connectivity index (χ4v) is 2.41. The van der Waals surface area contributed by atoms with Crippen molar-refractivity contribution in [2.24, 2.45) is 0 Å². The Balaban J connectivity index is 2.31. The van der Waals surface area contributed by atoms with Crippen LogP contribution in [0.5, 0.6) is 5.75 Å². The molecule has 1 aliphatic rings. The van der Waals surface area contributed by atoms with Crippen molar-refractivity contribution in [1.82, 2.24) is 4.90 Å². The highest BCUT2D eigenvalue weighted by atomic mass is 16.6. The summed E-state index contributed by atoms with van der Waals surface area (Å²) in [5, 5.41) is 0. The van der Waals surface area contributed by atoms with Crippen molar-refractivity contribution in [2.75, 3.05) is 32.6 Å². The van der Waals surface area contributed by atoms with Crippen LogP contribution in [0.3, 0.4) is 0 Å². The molecule has 0 saturated heterocycles. The summed E-state index contributed by atoms with van der Waals surface area (Å²) in [5.41, 5.74) is 2.53. The van der Waals surface area contributed by atoms with Crippen LogP contribution in [0.25, 0.3) is 0 Å². The van der Waals surface area contributed by atoms with Crippen LogP contribution in [0.15, 0.2) is 18.2 Å². The Morgan fingerprint density at radius 3 is 2.67 bits per heavy atom. The molecule has 0 spiro atoms. The Kier molecular flexibility index (Phi) is 2.97. The lowest BCUT2D eigenvalue weighted by Gasteiger charge is -2.19. The van der Waals surface area contributed by atoms with Crippen LogP contribution in [0.4, 0.5) is 10.5 Å². The zero-order valence-electron chi connectivity index (χ0n) is 11.7. The molecule has 0 saturated carbocycles. The third-order valence-corrected chi connectivity index (χ3v) is 3.31. The Hall–Kier alpha value is -1.71. The molecule has 0 N–H and O–H groups in total. The number of likely N-dealkylation sites (N-methyl/N-ethyl adjacent to an activating group) is 1. The van der Waals surface area contributed by atoms with Gasteiger partial charge in [-0.1, -0.05) is 13.8 Å². The van der Waals surface area contributed by atoms with Gasteiger partial charge in [-0.2, -0.15) is 0 Å². The van der Waals surface area contributed by atoms with E-state index in [1.165, 1.54) is 16.2 Å². The number of fused-ring (bicyclic) bond motifs is 1. The van der Waals surface area contributed by atoms with E-state index in [-0.39, 0.29) is 11.5 Å². The van der Waals surface area contributed by atoms with Crippen molar-refractivity contribution in [2.45, 2.75) is 19.3 Å². The summed E-state index contributed by atoms with van der Waals surface area (Å²) in [6, 6.07) is 5.83. The summed E-state index contributed by atoms with van der Waals surface area (Å²) in [7, 11) is 5.43. The Bertz CT molecular complexity index is 481. The highest BCUT2D eigenvalue weighted by Crippen LogP contribution is 2.41. The first-order valence-electron chi connectivity index (χ1n) is 6.06. The average molecular weight is 248 g/mol. The van der Waals surface area contributed by atoms with E-state index >= 15 is 0 Å². The molecule has 1 aliphatic heterocycles. The molecular weight excluding hydrogens is 228 g/mol. The minimum absolute atomic E-state index is 0.0879. The van der Waals surface area contributed by atoms with Crippen molar-refractivity contribution in [3.05, 3.63) is 23.8 Å². The van der Waals surface area contributed by atoms with E-state index in [4.69, 9.17) is 4.74 Å². The second-order valence-electron chi connectivity index (χ2n) is 5.68. The maximum absolute atomic E-state index is 11.5. The first-order chi connectivity index (χ1) is 8.31. The SMILES string of the molecule is CN(C)C(=O)Oc1ccc2c(c1)C(C)(C)CN2C. The van der Waals surface area contributed by atoms with Gasteiger partial charge in [-0.25, -0.2) is 4.79 Å². The van der Waals surface area contributed by atoms with E-state index < -0.39 is 0 Å². The molecular formula is C14H20N2O2. The van der Waals surface area contributed by atoms with Crippen LogP contribution in [-0.4, -0.2) is 38.7 Å². The van der Waals surface area contributed by atoms with E-state index in [1.807, 2.05) is 18.2 Å². The summed E-state index contributed by atoms with van der Waals surface area (Å²) in [5.74, 6) is 0.607. The molecule has 0 atom stereocenters. The summed E-state index contributed by atoms with van der Waals surface area (Å²) in [6.45, 7) is 5.38. The second kappa shape index (κ2) is 4.19. The highest BCUT2D eigenvalue weighted by Gasteiger charge is 2.33. The number of ether oxygens (including phenoxy) is 1. The molecule has 1 aromatic rings. The second-order valence-corrected chi connectivity index (χ2v) is 5.68. The van der Waals surface area contributed by atoms with Gasteiger partial charge in [0.2, 0.25) is 0 Å². The Labute approximate surface area is 108 Å². The number of anilines is 1. The molecule has 0 radical (unpaired) electrons. The normalized spacial score (nSPS) is 16.4. The topological polar surface area (TPSA) is 32.8 Å². The van der Waals surface area contributed by atoms with Crippen LogP contribution >= 0.6 is 0 Å². The van der Waals surface area contributed by atoms with Gasteiger partial charge in [0.1, 0.15) is 5.75 Å². The van der Waals surface area contributed by atoms with Gasteiger partial charge in [-0.15, -0.1) is 0 Å². The van der Waals surface area contributed by atoms with Crippen molar-refractivity contribution < 1.29 is 9.53 Å². The van der Waals surface area contributed by atoms with Crippen LogP contribution in [0, 0.1) is 0 Å². The average Bonchev–Trinajstić information content (AvgIpc) is 2.49. The minimum atomic E-state index is -0.348. The number of hydrogen-bond acceptors (Lipinski definition) is 3. The summed E-state index contributed by atoms with van der Waals surface area (Å²) >= 11 is 0. The molecule has 4 nitrogen and oxygen atoms in total. The van der Waals surface area contributed by atoms with Crippen LogP contribution in [0.2, 0.25) is 0 Å². The number of carbonyl (C=O) groups is 1. The fraction of sp³-hybridized carbons (Fsp3) is 0.500. The van der Waals surface area contributed by atoms with E-state index in [9.17, 15) is 4.79 Å². The summed E-state index contributed by atoms with van der Waals surface area (Å²) in [4.78, 5) is 15.2. The van der Waals surface area contributed by atoms with E-state index in [1.54, 1.807) is 14.1 Å². The van der Waals surface area contributed by atoms with Gasteiger partial charge in [0.25, 0.3) is 0 Å². The number of amides is 1. The molecule has 4 heteroatoms. The first kappa shape index (κ1) is 12.7. The Morgan fingerprint density at radius 2 is 2.06 bits per heavy atom. The number of carbonyl (C=O) groups excluding carboxylic acids is 1. The summed E-state index contributed by atoms with van der Waals surface area (Å²) in [6.07, 6.45) is -0.348. The van der Waals surface area contributed by atoms with E-state index in [0.29, 0.717) is 5.75 Å². The number of benzene rings is 1. The van der Waals surface area contributed by atoms with Crippen molar-refractivity contribution in [1.29, 1.82) is 0 Å². The predicted octanol–water partition coefficient (Wildman–Crippen LogP) is 2.47. The fourth-order valence-electron chi connectivity index (χ4n) is 2.41. The maximum atomic E-state index is 11.5. The van der Waals surface area contributed by atoms with Crippen molar-refractivity contribution >= 4 is 11.8 Å². The van der Waals surface area contributed by atoms with Crippen molar-refractivity contribution in [3.8, 4) is 5.75 Å². The molecule has 0 fully saturated rings. The molecule has 18 heavy (non-hydrogen) atoms. The van der Waals surface area contributed by atoms with E-state index in [0.717, 1.165) is 6.54 Å². The standard InChI is InChI=1S/C14H20N2O2/c1-14(2)9-16(5)12-7-6-10(8-11(12)14)18-13(17)15(3)4/h6-8H,9H2,1-5H3. The van der Waals surface area contributed by atoms with Gasteiger partial charge in [-0.3, -0.25) is 0 Å². The molecule has 1 aromatic carbocycles. The zero-order chi connectivity index (χ0) is 13.5. The number of nitrogens with zero attached hydrogens (tertiary/aromatic N) is 2. The molecule has 98 valence electrons. The van der Waals surface area contributed by atoms with Gasteiger partial charge in [0.05, 0.1) is 0 Å². The molecule has 0 bridgehead atoms. The van der Waals surface area contributed by atoms with Crippen molar-refractivity contribution in [3.63, 3.8) is 0 Å². The van der Waals surface area contributed by atoms with Crippen LogP contribution in [0.1, 0.15) is 19.4 Å². The number of hydrogen-bond donors (Lipinski definition) is 0. The minimum Gasteiger partial charge on any atom is -0.410 e. The molecule has 1 heterocycles. The Morgan fingerprint density at radius 1 is 1.39 bits per heavy atom. The first-order valence-corrected chi connectivity index (χ1v) is 6.06. The highest BCUT2D eigenvalue weighted by molar-refractivity contribution is 5.71. The summed E-state index contributed by atoms with van der Waals surface area (Å²) < 4.78 is 5.30. The van der Waals surface area contributed by atoms with Gasteiger partial charge >= 0.3 is 6.09 Å². The third-order valence-electron chi connectivity index (χ3n) is 3.31. The van der Waals surface area contributed by atoms with Gasteiger partial charge in [0, 0.05) is 38.8 Å². The molecule has 0 aromatic heterocycles. The molecule has 0 aliphatic carbocycles.